The van der Waals surface area contributed by atoms with Gasteiger partial charge in [0.25, 0.3) is 11.8 Å². The third-order valence-corrected chi connectivity index (χ3v) is 4.35. The molecular weight excluding hydrogens is 262 g/mol. The molecule has 1 aromatic carbocycles. The van der Waals surface area contributed by atoms with Gasteiger partial charge in [0, 0.05) is 24.2 Å². The molecule has 0 aliphatic carbocycles. The highest BCUT2D eigenvalue weighted by Crippen LogP contribution is 2.23. The van der Waals surface area contributed by atoms with Crippen molar-refractivity contribution in [3.8, 4) is 0 Å². The van der Waals surface area contributed by atoms with Gasteiger partial charge in [-0.25, -0.2) is 0 Å². The zero-order chi connectivity index (χ0) is 13.8. The highest BCUT2D eigenvalue weighted by Gasteiger charge is 2.34. The Morgan fingerprint density at radius 1 is 1.21 bits per heavy atom. The first kappa shape index (κ1) is 14.1. The number of fused-ring (bicyclic) bond motifs is 1. The van der Waals surface area contributed by atoms with Crippen LogP contribution in [0.4, 0.5) is 0 Å². The number of hydrogen-bond acceptors (Lipinski definition) is 4. The monoisotopic (exact) mass is 279 g/mol. The zero-order valence-corrected chi connectivity index (χ0v) is 11.7. The molecule has 1 aliphatic rings. The summed E-state index contributed by atoms with van der Waals surface area (Å²) >= 11 is 1.66. The number of amides is 2. The predicted molar refractivity (Wildman–Crippen MR) is 75.4 cm³/mol. The van der Waals surface area contributed by atoms with E-state index in [9.17, 15) is 9.59 Å². The highest BCUT2D eigenvalue weighted by atomic mass is 32.2. The number of aliphatic hydroxyl groups excluding tert-OH is 1. The van der Waals surface area contributed by atoms with E-state index >= 15 is 0 Å². The molecule has 102 valence electrons. The van der Waals surface area contributed by atoms with Crippen molar-refractivity contribution in [3.05, 3.63) is 35.4 Å². The van der Waals surface area contributed by atoms with E-state index in [1.54, 1.807) is 36.0 Å². The molecule has 2 rings (SSSR count). The fourth-order valence-electron chi connectivity index (χ4n) is 2.05. The minimum atomic E-state index is -0.198. The molecular formula is C14H17NO3S. The van der Waals surface area contributed by atoms with Crippen molar-refractivity contribution >= 4 is 23.6 Å². The number of carbonyl (C=O) groups excluding carboxylic acids is 2. The van der Waals surface area contributed by atoms with E-state index in [4.69, 9.17) is 5.11 Å². The van der Waals surface area contributed by atoms with E-state index in [2.05, 4.69) is 0 Å². The lowest BCUT2D eigenvalue weighted by Gasteiger charge is -2.15. The van der Waals surface area contributed by atoms with E-state index in [1.807, 2.05) is 6.92 Å². The Morgan fingerprint density at radius 2 is 1.79 bits per heavy atom. The van der Waals surface area contributed by atoms with E-state index in [0.29, 0.717) is 28.7 Å². The standard InChI is InChI=1S/C14H17NO3S/c1-10(6-8-16)19-9-7-15-13(17)11-4-2-3-5-12(11)14(15)18/h2-5,10,16H,6-9H2,1H3. The number of rotatable bonds is 6. The summed E-state index contributed by atoms with van der Waals surface area (Å²) in [6.07, 6.45) is 0.729. The summed E-state index contributed by atoms with van der Waals surface area (Å²) in [7, 11) is 0. The van der Waals surface area contributed by atoms with Crippen LogP contribution in [0.3, 0.4) is 0 Å². The van der Waals surface area contributed by atoms with Crippen LogP contribution >= 0.6 is 11.8 Å². The van der Waals surface area contributed by atoms with Gasteiger partial charge in [-0.1, -0.05) is 19.1 Å². The Morgan fingerprint density at radius 3 is 2.32 bits per heavy atom. The van der Waals surface area contributed by atoms with Gasteiger partial charge in [-0.05, 0) is 18.6 Å². The number of benzene rings is 1. The van der Waals surface area contributed by atoms with Gasteiger partial charge in [-0.2, -0.15) is 11.8 Å². The molecule has 1 N–H and O–H groups in total. The molecule has 1 aromatic rings. The summed E-state index contributed by atoms with van der Waals surface area (Å²) in [4.78, 5) is 25.4. The molecule has 0 aromatic heterocycles. The number of thioether (sulfide) groups is 1. The first-order valence-corrected chi connectivity index (χ1v) is 7.37. The molecule has 4 nitrogen and oxygen atoms in total. The second-order valence-electron chi connectivity index (χ2n) is 4.50. The smallest absolute Gasteiger partial charge is 0.261 e. The zero-order valence-electron chi connectivity index (χ0n) is 10.8. The van der Waals surface area contributed by atoms with Crippen molar-refractivity contribution < 1.29 is 14.7 Å². The van der Waals surface area contributed by atoms with Crippen molar-refractivity contribution in [2.24, 2.45) is 0 Å². The second kappa shape index (κ2) is 6.21. The molecule has 1 heterocycles. The molecule has 1 atom stereocenters. The summed E-state index contributed by atoms with van der Waals surface area (Å²) < 4.78 is 0. The fraction of sp³-hybridized carbons (Fsp3) is 0.429. The van der Waals surface area contributed by atoms with E-state index < -0.39 is 0 Å². The Hall–Kier alpha value is -1.33. The second-order valence-corrected chi connectivity index (χ2v) is 6.05. The van der Waals surface area contributed by atoms with Crippen LogP contribution in [-0.2, 0) is 0 Å². The van der Waals surface area contributed by atoms with Gasteiger partial charge in [-0.3, -0.25) is 14.5 Å². The molecule has 1 aliphatic heterocycles. The molecule has 19 heavy (non-hydrogen) atoms. The van der Waals surface area contributed by atoms with E-state index in [1.165, 1.54) is 4.90 Å². The van der Waals surface area contributed by atoms with Crippen molar-refractivity contribution in [2.45, 2.75) is 18.6 Å². The summed E-state index contributed by atoms with van der Waals surface area (Å²) in [6.45, 7) is 2.62. The van der Waals surface area contributed by atoms with Crippen LogP contribution in [0.1, 0.15) is 34.1 Å². The van der Waals surface area contributed by atoms with Crippen LogP contribution in [0, 0.1) is 0 Å². The van der Waals surface area contributed by atoms with Gasteiger partial charge in [0.2, 0.25) is 0 Å². The van der Waals surface area contributed by atoms with Gasteiger partial charge in [-0.15, -0.1) is 0 Å². The molecule has 0 radical (unpaired) electrons. The summed E-state index contributed by atoms with van der Waals surface area (Å²) in [6, 6.07) is 6.92. The largest absolute Gasteiger partial charge is 0.396 e. The van der Waals surface area contributed by atoms with Gasteiger partial charge in [0.05, 0.1) is 11.1 Å². The van der Waals surface area contributed by atoms with Crippen LogP contribution in [0.25, 0.3) is 0 Å². The number of imide groups is 1. The van der Waals surface area contributed by atoms with Crippen molar-refractivity contribution in [3.63, 3.8) is 0 Å². The van der Waals surface area contributed by atoms with Gasteiger partial charge < -0.3 is 5.11 Å². The molecule has 0 fully saturated rings. The first-order chi connectivity index (χ1) is 9.15. The summed E-state index contributed by atoms with van der Waals surface area (Å²) in [5.74, 6) is 0.305. The molecule has 0 bridgehead atoms. The minimum Gasteiger partial charge on any atom is -0.396 e. The first-order valence-electron chi connectivity index (χ1n) is 6.33. The van der Waals surface area contributed by atoms with Crippen LogP contribution in [0.15, 0.2) is 24.3 Å². The highest BCUT2D eigenvalue weighted by molar-refractivity contribution is 7.99. The van der Waals surface area contributed by atoms with Crippen molar-refractivity contribution in [1.29, 1.82) is 0 Å². The Bertz CT molecular complexity index is 454. The minimum absolute atomic E-state index is 0.168. The molecule has 2 amide bonds. The Kier molecular flexibility index (Phi) is 4.61. The van der Waals surface area contributed by atoms with E-state index in [0.717, 1.165) is 6.42 Å². The summed E-state index contributed by atoms with van der Waals surface area (Å²) in [5.41, 5.74) is 1.00. The SMILES string of the molecule is CC(CCO)SCCN1C(=O)c2ccccc2C1=O. The predicted octanol–water partition coefficient (Wildman–Crippen LogP) is 1.79. The van der Waals surface area contributed by atoms with Crippen LogP contribution < -0.4 is 0 Å². The lowest BCUT2D eigenvalue weighted by atomic mass is 10.1. The molecule has 0 saturated carbocycles. The average molecular weight is 279 g/mol. The normalized spacial score (nSPS) is 15.8. The number of aliphatic hydroxyl groups is 1. The maximum absolute atomic E-state index is 12.1. The maximum Gasteiger partial charge on any atom is 0.261 e. The molecule has 0 spiro atoms. The topological polar surface area (TPSA) is 57.6 Å². The quantitative estimate of drug-likeness (QED) is 0.807. The Labute approximate surface area is 116 Å². The lowest BCUT2D eigenvalue weighted by Crippen LogP contribution is -2.32. The number of hydrogen-bond donors (Lipinski definition) is 1. The van der Waals surface area contributed by atoms with Crippen molar-refractivity contribution in [2.75, 3.05) is 18.9 Å². The van der Waals surface area contributed by atoms with Gasteiger partial charge in [0.1, 0.15) is 0 Å². The lowest BCUT2D eigenvalue weighted by molar-refractivity contribution is 0.0664. The summed E-state index contributed by atoms with van der Waals surface area (Å²) in [5, 5.41) is 9.15. The van der Waals surface area contributed by atoms with Gasteiger partial charge >= 0.3 is 0 Å². The molecule has 5 heteroatoms. The molecule has 0 saturated heterocycles. The van der Waals surface area contributed by atoms with Gasteiger partial charge in [0.15, 0.2) is 0 Å². The van der Waals surface area contributed by atoms with Crippen LogP contribution in [0.2, 0.25) is 0 Å². The Balaban J connectivity index is 1.93. The number of nitrogens with zero attached hydrogens (tertiary/aromatic N) is 1. The number of carbonyl (C=O) groups is 2. The van der Waals surface area contributed by atoms with Crippen LogP contribution in [0.5, 0.6) is 0 Å². The average Bonchev–Trinajstić information content (AvgIpc) is 2.65. The third kappa shape index (κ3) is 2.98. The maximum atomic E-state index is 12.1. The van der Waals surface area contributed by atoms with E-state index in [-0.39, 0.29) is 18.4 Å². The van der Waals surface area contributed by atoms with Crippen LogP contribution in [-0.4, -0.2) is 46.0 Å². The third-order valence-electron chi connectivity index (χ3n) is 3.13. The van der Waals surface area contributed by atoms with Crippen molar-refractivity contribution in [1.82, 2.24) is 4.90 Å². The molecule has 1 unspecified atom stereocenters. The fourth-order valence-corrected chi connectivity index (χ4v) is 3.01.